The third-order valence-corrected chi connectivity index (χ3v) is 4.85. The number of hydrogen-bond donors (Lipinski definition) is 1. The van der Waals surface area contributed by atoms with Crippen LogP contribution in [0.15, 0.2) is 22.7 Å². The molecule has 0 spiro atoms. The summed E-state index contributed by atoms with van der Waals surface area (Å²) in [7, 11) is 2.13. The molecule has 19 heavy (non-hydrogen) atoms. The lowest BCUT2D eigenvalue weighted by Crippen LogP contribution is -2.43. The Kier molecular flexibility index (Phi) is 5.87. The van der Waals surface area contributed by atoms with Gasteiger partial charge in [-0.25, -0.2) is 0 Å². The van der Waals surface area contributed by atoms with Gasteiger partial charge in [0.15, 0.2) is 0 Å². The molecular formula is C15H24BrClN2. The van der Waals surface area contributed by atoms with E-state index in [-0.39, 0.29) is 11.5 Å². The van der Waals surface area contributed by atoms with E-state index in [0.29, 0.717) is 12.6 Å². The fraction of sp³-hybridized carbons (Fsp3) is 0.600. The molecule has 1 aromatic carbocycles. The minimum absolute atomic E-state index is 0.155. The molecule has 0 radical (unpaired) electrons. The van der Waals surface area contributed by atoms with Gasteiger partial charge in [0.25, 0.3) is 0 Å². The smallest absolute Gasteiger partial charge is 0.0482 e. The number of rotatable bonds is 4. The van der Waals surface area contributed by atoms with Gasteiger partial charge in [0.05, 0.1) is 0 Å². The van der Waals surface area contributed by atoms with Crippen LogP contribution in [0.1, 0.15) is 39.3 Å². The fourth-order valence-corrected chi connectivity index (χ4v) is 2.85. The Morgan fingerprint density at radius 2 is 1.95 bits per heavy atom. The fourth-order valence-electron chi connectivity index (χ4n) is 2.16. The molecule has 2 unspecified atom stereocenters. The zero-order chi connectivity index (χ0) is 14.8. The average Bonchev–Trinajstić information content (AvgIpc) is 2.32. The van der Waals surface area contributed by atoms with E-state index in [0.717, 1.165) is 15.1 Å². The van der Waals surface area contributed by atoms with Crippen LogP contribution in [-0.2, 0) is 0 Å². The zero-order valence-electron chi connectivity index (χ0n) is 12.4. The Hall–Kier alpha value is -0.0900. The van der Waals surface area contributed by atoms with Crippen molar-refractivity contribution in [2.24, 2.45) is 11.1 Å². The summed E-state index contributed by atoms with van der Waals surface area (Å²) in [6.07, 6.45) is 0. The topological polar surface area (TPSA) is 29.3 Å². The molecule has 2 N–H and O–H groups in total. The highest BCUT2D eigenvalue weighted by Gasteiger charge is 2.29. The molecule has 0 fully saturated rings. The standard InChI is InChI=1S/C15H24BrClN2/c1-10(15(2,3)4)19(5)14(9-18)12-8-11(17)6-7-13(12)16/h6-8,10,14H,9,18H2,1-5H3. The molecule has 1 rings (SSSR count). The van der Waals surface area contributed by atoms with E-state index in [1.807, 2.05) is 18.2 Å². The Balaban J connectivity index is 3.10. The summed E-state index contributed by atoms with van der Waals surface area (Å²) in [5.41, 5.74) is 7.35. The molecule has 0 saturated heterocycles. The summed E-state index contributed by atoms with van der Waals surface area (Å²) in [5, 5.41) is 0.744. The third-order valence-electron chi connectivity index (χ3n) is 3.90. The predicted molar refractivity (Wildman–Crippen MR) is 87.6 cm³/mol. The van der Waals surface area contributed by atoms with Crippen molar-refractivity contribution in [3.8, 4) is 0 Å². The number of halogens is 2. The van der Waals surface area contributed by atoms with Crippen LogP contribution in [0.25, 0.3) is 0 Å². The molecule has 108 valence electrons. The third kappa shape index (κ3) is 4.19. The highest BCUT2D eigenvalue weighted by molar-refractivity contribution is 9.10. The number of likely N-dealkylation sites (N-methyl/N-ethyl adjacent to an activating group) is 1. The lowest BCUT2D eigenvalue weighted by atomic mass is 9.86. The van der Waals surface area contributed by atoms with Crippen LogP contribution in [-0.4, -0.2) is 24.5 Å². The Bertz CT molecular complexity index is 429. The molecule has 0 heterocycles. The summed E-state index contributed by atoms with van der Waals surface area (Å²) in [6, 6.07) is 6.43. The largest absolute Gasteiger partial charge is 0.329 e. The molecule has 0 aliphatic carbocycles. The molecule has 0 bridgehead atoms. The Labute approximate surface area is 130 Å². The SMILES string of the molecule is CC(N(C)C(CN)c1cc(Cl)ccc1Br)C(C)(C)C. The summed E-state index contributed by atoms with van der Waals surface area (Å²) < 4.78 is 1.06. The van der Waals surface area contributed by atoms with E-state index < -0.39 is 0 Å². The van der Waals surface area contributed by atoms with E-state index in [1.54, 1.807) is 0 Å². The maximum absolute atomic E-state index is 6.11. The molecule has 0 aliphatic rings. The van der Waals surface area contributed by atoms with Crippen LogP contribution >= 0.6 is 27.5 Å². The minimum atomic E-state index is 0.155. The number of nitrogens with zero attached hydrogens (tertiary/aromatic N) is 1. The van der Waals surface area contributed by atoms with Crippen LogP contribution in [0.5, 0.6) is 0 Å². The lowest BCUT2D eigenvalue weighted by Gasteiger charge is -2.40. The minimum Gasteiger partial charge on any atom is -0.329 e. The highest BCUT2D eigenvalue weighted by Crippen LogP contribution is 2.33. The molecule has 0 saturated carbocycles. The molecule has 2 atom stereocenters. The van der Waals surface area contributed by atoms with E-state index >= 15 is 0 Å². The van der Waals surface area contributed by atoms with Gasteiger partial charge in [0.2, 0.25) is 0 Å². The maximum Gasteiger partial charge on any atom is 0.0482 e. The van der Waals surface area contributed by atoms with Crippen molar-refractivity contribution in [1.82, 2.24) is 4.90 Å². The molecule has 0 amide bonds. The van der Waals surface area contributed by atoms with Crippen LogP contribution in [0.2, 0.25) is 5.02 Å². The van der Waals surface area contributed by atoms with Gasteiger partial charge in [-0.2, -0.15) is 0 Å². The molecule has 4 heteroatoms. The van der Waals surface area contributed by atoms with Gasteiger partial charge >= 0.3 is 0 Å². The zero-order valence-corrected chi connectivity index (χ0v) is 14.7. The average molecular weight is 348 g/mol. The van der Waals surface area contributed by atoms with Crippen molar-refractivity contribution in [2.75, 3.05) is 13.6 Å². The van der Waals surface area contributed by atoms with Gasteiger partial charge in [-0.3, -0.25) is 4.90 Å². The normalized spacial score (nSPS) is 15.6. The molecule has 0 aliphatic heterocycles. The molecular weight excluding hydrogens is 324 g/mol. The molecule has 1 aromatic rings. The maximum atomic E-state index is 6.11. The van der Waals surface area contributed by atoms with E-state index in [9.17, 15) is 0 Å². The van der Waals surface area contributed by atoms with Crippen molar-refractivity contribution in [2.45, 2.75) is 39.8 Å². The first-order valence-electron chi connectivity index (χ1n) is 6.55. The number of nitrogens with two attached hydrogens (primary N) is 1. The van der Waals surface area contributed by atoms with Crippen LogP contribution in [0.3, 0.4) is 0 Å². The van der Waals surface area contributed by atoms with Crippen LogP contribution < -0.4 is 5.73 Å². The van der Waals surface area contributed by atoms with Crippen LogP contribution in [0, 0.1) is 5.41 Å². The van der Waals surface area contributed by atoms with Gasteiger partial charge in [0, 0.05) is 28.1 Å². The van der Waals surface area contributed by atoms with Gasteiger partial charge in [-0.05, 0) is 43.1 Å². The second kappa shape index (κ2) is 6.57. The van der Waals surface area contributed by atoms with Crippen molar-refractivity contribution in [3.63, 3.8) is 0 Å². The second-order valence-corrected chi connectivity index (χ2v) is 7.42. The number of hydrogen-bond acceptors (Lipinski definition) is 2. The van der Waals surface area contributed by atoms with E-state index in [2.05, 4.69) is 55.6 Å². The Morgan fingerprint density at radius 3 is 2.42 bits per heavy atom. The first kappa shape index (κ1) is 17.0. The van der Waals surface area contributed by atoms with Crippen molar-refractivity contribution < 1.29 is 0 Å². The first-order valence-corrected chi connectivity index (χ1v) is 7.72. The summed E-state index contributed by atoms with van der Waals surface area (Å²) in [5.74, 6) is 0. The second-order valence-electron chi connectivity index (χ2n) is 6.12. The monoisotopic (exact) mass is 346 g/mol. The van der Waals surface area contributed by atoms with Gasteiger partial charge < -0.3 is 5.73 Å². The first-order chi connectivity index (χ1) is 8.68. The van der Waals surface area contributed by atoms with E-state index in [4.69, 9.17) is 17.3 Å². The summed E-state index contributed by atoms with van der Waals surface area (Å²) in [4.78, 5) is 2.33. The van der Waals surface area contributed by atoms with Crippen molar-refractivity contribution >= 4 is 27.5 Å². The molecule has 2 nitrogen and oxygen atoms in total. The lowest BCUT2D eigenvalue weighted by molar-refractivity contribution is 0.0998. The van der Waals surface area contributed by atoms with Gasteiger partial charge in [0.1, 0.15) is 0 Å². The quantitative estimate of drug-likeness (QED) is 0.870. The van der Waals surface area contributed by atoms with Crippen LogP contribution in [0.4, 0.5) is 0 Å². The predicted octanol–water partition coefficient (Wildman–Crippen LogP) is 4.47. The highest BCUT2D eigenvalue weighted by atomic mass is 79.9. The Morgan fingerprint density at radius 1 is 1.37 bits per heavy atom. The van der Waals surface area contributed by atoms with Gasteiger partial charge in [-0.15, -0.1) is 0 Å². The number of benzene rings is 1. The van der Waals surface area contributed by atoms with Gasteiger partial charge in [-0.1, -0.05) is 48.3 Å². The molecule has 0 aromatic heterocycles. The summed E-state index contributed by atoms with van der Waals surface area (Å²) in [6.45, 7) is 9.54. The van der Waals surface area contributed by atoms with Crippen molar-refractivity contribution in [3.05, 3.63) is 33.3 Å². The van der Waals surface area contributed by atoms with E-state index in [1.165, 1.54) is 0 Å². The summed E-state index contributed by atoms with van der Waals surface area (Å²) >= 11 is 9.71. The van der Waals surface area contributed by atoms with Crippen molar-refractivity contribution in [1.29, 1.82) is 0 Å².